The van der Waals surface area contributed by atoms with Crippen LogP contribution in [0.2, 0.25) is 0 Å². The second-order valence-corrected chi connectivity index (χ2v) is 6.38. The van der Waals surface area contributed by atoms with Gasteiger partial charge < -0.3 is 9.47 Å². The van der Waals surface area contributed by atoms with Crippen molar-refractivity contribution < 1.29 is 19.1 Å². The van der Waals surface area contributed by atoms with E-state index < -0.39 is 11.9 Å². The molecule has 3 aromatic rings. The number of hydrogen-bond acceptors (Lipinski definition) is 4. The number of carbonyl (C=O) groups is 2. The quantitative estimate of drug-likeness (QED) is 0.322. The van der Waals surface area contributed by atoms with E-state index in [1.807, 2.05) is 54.6 Å². The Bertz CT molecular complexity index is 1030. The Balaban J connectivity index is 1.61. The zero-order valence-electron chi connectivity index (χ0n) is 16.0. The van der Waals surface area contributed by atoms with Crippen molar-refractivity contribution in [2.24, 2.45) is 0 Å². The van der Waals surface area contributed by atoms with Gasteiger partial charge in [-0.2, -0.15) is 0 Å². The van der Waals surface area contributed by atoms with Crippen LogP contribution in [0.25, 0.3) is 17.2 Å². The van der Waals surface area contributed by atoms with Crippen LogP contribution in [0.4, 0.5) is 0 Å². The average molecular weight is 384 g/mol. The van der Waals surface area contributed by atoms with E-state index in [2.05, 4.69) is 6.58 Å². The number of hydrogen-bond donors (Lipinski definition) is 0. The summed E-state index contributed by atoms with van der Waals surface area (Å²) in [4.78, 5) is 23.5. The number of ether oxygens (including phenoxy) is 2. The minimum absolute atomic E-state index is 0.345. The first-order valence-electron chi connectivity index (χ1n) is 9.04. The van der Waals surface area contributed by atoms with E-state index in [-0.39, 0.29) is 0 Å². The third kappa shape index (κ3) is 5.78. The minimum Gasteiger partial charge on any atom is -0.423 e. The molecule has 0 aromatic heterocycles. The highest BCUT2D eigenvalue weighted by Gasteiger charge is 2.06. The average Bonchev–Trinajstić information content (AvgIpc) is 2.74. The fraction of sp³-hybridized carbons (Fsp3) is 0.0400. The molecule has 0 N–H and O–H groups in total. The molecule has 0 saturated carbocycles. The van der Waals surface area contributed by atoms with Crippen molar-refractivity contribution in [2.75, 3.05) is 0 Å². The Labute approximate surface area is 169 Å². The van der Waals surface area contributed by atoms with Gasteiger partial charge >= 0.3 is 11.9 Å². The van der Waals surface area contributed by atoms with Crippen LogP contribution in [0, 0.1) is 0 Å². The van der Waals surface area contributed by atoms with Gasteiger partial charge in [0.1, 0.15) is 11.5 Å². The third-order valence-corrected chi connectivity index (χ3v) is 4.03. The first-order valence-corrected chi connectivity index (χ1v) is 9.04. The van der Waals surface area contributed by atoms with Crippen LogP contribution in [0.15, 0.2) is 97.1 Å². The summed E-state index contributed by atoms with van der Waals surface area (Å²) in [5.41, 5.74) is 3.17. The van der Waals surface area contributed by atoms with Gasteiger partial charge in [-0.3, -0.25) is 0 Å². The molecule has 4 heteroatoms. The van der Waals surface area contributed by atoms with Gasteiger partial charge in [0.15, 0.2) is 0 Å². The standard InChI is InChI=1S/C25H20O4/c1-18(2)25(27)29-23-15-11-21(12-16-23)20-9-13-22(14-10-20)28-24(26)17-8-19-6-4-3-5-7-19/h3-17H,1H2,2H3/b17-8+. The molecule has 0 spiro atoms. The van der Waals surface area contributed by atoms with E-state index >= 15 is 0 Å². The molecule has 4 nitrogen and oxygen atoms in total. The van der Waals surface area contributed by atoms with Crippen molar-refractivity contribution in [1.82, 2.24) is 0 Å². The highest BCUT2D eigenvalue weighted by molar-refractivity contribution is 5.89. The Morgan fingerprint density at radius 3 is 1.79 bits per heavy atom. The lowest BCUT2D eigenvalue weighted by atomic mass is 10.1. The molecule has 0 unspecified atom stereocenters. The molecule has 0 aliphatic carbocycles. The Hall–Kier alpha value is -3.92. The molecule has 0 radical (unpaired) electrons. The SMILES string of the molecule is C=C(C)C(=O)Oc1ccc(-c2ccc(OC(=O)/C=C/c3ccccc3)cc2)cc1. The molecule has 0 aliphatic rings. The predicted octanol–water partition coefficient (Wildman–Crippen LogP) is 5.45. The van der Waals surface area contributed by atoms with E-state index in [1.54, 1.807) is 37.3 Å². The van der Waals surface area contributed by atoms with E-state index in [4.69, 9.17) is 9.47 Å². The highest BCUT2D eigenvalue weighted by Crippen LogP contribution is 2.25. The first kappa shape index (κ1) is 19.8. The summed E-state index contributed by atoms with van der Waals surface area (Å²) in [6.07, 6.45) is 3.10. The van der Waals surface area contributed by atoms with E-state index in [1.165, 1.54) is 6.08 Å². The number of benzene rings is 3. The van der Waals surface area contributed by atoms with Gasteiger partial charge in [-0.15, -0.1) is 0 Å². The molecule has 29 heavy (non-hydrogen) atoms. The van der Waals surface area contributed by atoms with Crippen molar-refractivity contribution >= 4 is 18.0 Å². The maximum atomic E-state index is 12.0. The van der Waals surface area contributed by atoms with Gasteiger partial charge in [0.25, 0.3) is 0 Å². The first-order chi connectivity index (χ1) is 14.0. The van der Waals surface area contributed by atoms with Gasteiger partial charge in [-0.1, -0.05) is 61.2 Å². The molecule has 0 heterocycles. The number of esters is 2. The maximum Gasteiger partial charge on any atom is 0.338 e. The lowest BCUT2D eigenvalue weighted by molar-refractivity contribution is -0.130. The van der Waals surface area contributed by atoms with Crippen molar-refractivity contribution in [3.05, 3.63) is 103 Å². The molecule has 0 saturated heterocycles. The van der Waals surface area contributed by atoms with Gasteiger partial charge in [-0.05, 0) is 54.0 Å². The molecule has 0 fully saturated rings. The van der Waals surface area contributed by atoms with Crippen LogP contribution in [-0.2, 0) is 9.59 Å². The van der Waals surface area contributed by atoms with Gasteiger partial charge in [0.05, 0.1) is 0 Å². The summed E-state index contributed by atoms with van der Waals surface area (Å²) >= 11 is 0. The summed E-state index contributed by atoms with van der Waals surface area (Å²) in [7, 11) is 0. The molecular weight excluding hydrogens is 364 g/mol. The number of rotatable bonds is 6. The van der Waals surface area contributed by atoms with Gasteiger partial charge in [0, 0.05) is 11.6 Å². The Morgan fingerprint density at radius 1 is 0.759 bits per heavy atom. The largest absolute Gasteiger partial charge is 0.423 e. The normalized spacial score (nSPS) is 10.5. The predicted molar refractivity (Wildman–Crippen MR) is 113 cm³/mol. The molecule has 0 atom stereocenters. The lowest BCUT2D eigenvalue weighted by Gasteiger charge is -2.07. The van der Waals surface area contributed by atoms with Crippen molar-refractivity contribution in [3.8, 4) is 22.6 Å². The van der Waals surface area contributed by atoms with E-state index in [9.17, 15) is 9.59 Å². The zero-order chi connectivity index (χ0) is 20.6. The second kappa shape index (κ2) is 9.33. The van der Waals surface area contributed by atoms with Gasteiger partial charge in [-0.25, -0.2) is 9.59 Å². The van der Waals surface area contributed by atoms with E-state index in [0.29, 0.717) is 17.1 Å². The molecule has 144 valence electrons. The van der Waals surface area contributed by atoms with Crippen LogP contribution >= 0.6 is 0 Å². The molecule has 0 aliphatic heterocycles. The fourth-order valence-corrected chi connectivity index (χ4v) is 2.50. The fourth-order valence-electron chi connectivity index (χ4n) is 2.50. The summed E-state index contributed by atoms with van der Waals surface area (Å²) in [5, 5.41) is 0. The Kier molecular flexibility index (Phi) is 6.38. The van der Waals surface area contributed by atoms with Crippen LogP contribution in [0.3, 0.4) is 0 Å². The molecule has 3 aromatic carbocycles. The van der Waals surface area contributed by atoms with E-state index in [0.717, 1.165) is 16.7 Å². The summed E-state index contributed by atoms with van der Waals surface area (Å²) in [6, 6.07) is 23.9. The topological polar surface area (TPSA) is 52.6 Å². The molecule has 0 bridgehead atoms. The third-order valence-electron chi connectivity index (χ3n) is 4.03. The molecule has 3 rings (SSSR count). The summed E-state index contributed by atoms with van der Waals surface area (Å²) in [5.74, 6) is 0.0245. The maximum absolute atomic E-state index is 12.0. The van der Waals surface area contributed by atoms with Gasteiger partial charge in [0.2, 0.25) is 0 Å². The zero-order valence-corrected chi connectivity index (χ0v) is 16.0. The second-order valence-electron chi connectivity index (χ2n) is 6.38. The molecule has 0 amide bonds. The van der Waals surface area contributed by atoms with Crippen LogP contribution < -0.4 is 9.47 Å². The lowest BCUT2D eigenvalue weighted by Crippen LogP contribution is -2.07. The summed E-state index contributed by atoms with van der Waals surface area (Å²) < 4.78 is 10.5. The molecular formula is C25H20O4. The van der Waals surface area contributed by atoms with Crippen LogP contribution in [0.5, 0.6) is 11.5 Å². The van der Waals surface area contributed by atoms with Crippen LogP contribution in [0.1, 0.15) is 12.5 Å². The van der Waals surface area contributed by atoms with Crippen molar-refractivity contribution in [1.29, 1.82) is 0 Å². The monoisotopic (exact) mass is 384 g/mol. The van der Waals surface area contributed by atoms with Crippen molar-refractivity contribution in [2.45, 2.75) is 6.92 Å². The Morgan fingerprint density at radius 2 is 1.28 bits per heavy atom. The smallest absolute Gasteiger partial charge is 0.338 e. The number of carbonyl (C=O) groups excluding carboxylic acids is 2. The highest BCUT2D eigenvalue weighted by atomic mass is 16.5. The minimum atomic E-state index is -0.453. The van der Waals surface area contributed by atoms with Crippen LogP contribution in [-0.4, -0.2) is 11.9 Å². The van der Waals surface area contributed by atoms with Crippen molar-refractivity contribution in [3.63, 3.8) is 0 Å². The summed E-state index contributed by atoms with van der Waals surface area (Å²) in [6.45, 7) is 5.16.